The maximum absolute atomic E-state index is 11.5. The Bertz CT molecular complexity index is 405. The van der Waals surface area contributed by atoms with Gasteiger partial charge in [-0.3, -0.25) is 9.59 Å². The molecule has 1 atom stereocenters. The van der Waals surface area contributed by atoms with E-state index in [1.54, 1.807) is 6.92 Å². The fourth-order valence-electron chi connectivity index (χ4n) is 1.01. The summed E-state index contributed by atoms with van der Waals surface area (Å²) in [4.78, 5) is 21.8. The number of carboxylic acid groups (broad SMARTS) is 1. The number of aliphatic carboxylic acids is 1. The van der Waals surface area contributed by atoms with Crippen LogP contribution >= 0.6 is 0 Å². The zero-order chi connectivity index (χ0) is 14.4. The Hall–Kier alpha value is -1.15. The molecule has 0 amide bonds. The van der Waals surface area contributed by atoms with Crippen molar-refractivity contribution in [3.05, 3.63) is 0 Å². The van der Waals surface area contributed by atoms with Gasteiger partial charge in [-0.05, 0) is 13.3 Å². The lowest BCUT2D eigenvalue weighted by Crippen LogP contribution is -2.41. The van der Waals surface area contributed by atoms with Crippen LogP contribution in [-0.2, 0) is 24.3 Å². The van der Waals surface area contributed by atoms with Crippen molar-refractivity contribution >= 4 is 22.0 Å². The van der Waals surface area contributed by atoms with Gasteiger partial charge in [0.15, 0.2) is 0 Å². The minimum absolute atomic E-state index is 0.206. The number of rotatable bonds is 8. The monoisotopic (exact) mass is 281 g/mol. The van der Waals surface area contributed by atoms with Gasteiger partial charge in [0.1, 0.15) is 0 Å². The molecule has 106 valence electrons. The van der Waals surface area contributed by atoms with Gasteiger partial charge in [0.25, 0.3) is 0 Å². The molecule has 0 bridgehead atoms. The van der Waals surface area contributed by atoms with E-state index >= 15 is 0 Å². The SMILES string of the molecule is CCC(C)(CNS(=O)(=O)CCC(=O)OC)C(=O)O. The lowest BCUT2D eigenvalue weighted by Gasteiger charge is -2.23. The standard InChI is InChI=1S/C10H19NO6S/c1-4-10(2,9(13)14)7-11-18(15,16)6-5-8(12)17-3/h11H,4-7H2,1-3H3,(H,13,14). The summed E-state index contributed by atoms with van der Waals surface area (Å²) in [5.41, 5.74) is -1.15. The second kappa shape index (κ2) is 6.69. The predicted molar refractivity (Wildman–Crippen MR) is 64.5 cm³/mol. The Morgan fingerprint density at radius 3 is 2.33 bits per heavy atom. The zero-order valence-electron chi connectivity index (χ0n) is 10.7. The Kier molecular flexibility index (Phi) is 6.27. The van der Waals surface area contributed by atoms with Crippen LogP contribution < -0.4 is 4.72 Å². The molecule has 0 aliphatic heterocycles. The van der Waals surface area contributed by atoms with Crippen LogP contribution in [0.3, 0.4) is 0 Å². The van der Waals surface area contributed by atoms with Crippen molar-refractivity contribution in [3.63, 3.8) is 0 Å². The van der Waals surface area contributed by atoms with Crippen molar-refractivity contribution in [1.29, 1.82) is 0 Å². The van der Waals surface area contributed by atoms with E-state index in [4.69, 9.17) is 5.11 Å². The van der Waals surface area contributed by atoms with E-state index in [0.29, 0.717) is 6.42 Å². The molecule has 0 rings (SSSR count). The number of ether oxygens (including phenoxy) is 1. The molecule has 2 N–H and O–H groups in total. The smallest absolute Gasteiger partial charge is 0.310 e. The van der Waals surface area contributed by atoms with Crippen LogP contribution in [0.1, 0.15) is 26.7 Å². The van der Waals surface area contributed by atoms with Crippen LogP contribution in [-0.4, -0.2) is 44.9 Å². The Morgan fingerprint density at radius 2 is 1.94 bits per heavy atom. The van der Waals surface area contributed by atoms with Crippen molar-refractivity contribution in [1.82, 2.24) is 4.72 Å². The molecule has 0 saturated heterocycles. The number of carboxylic acids is 1. The third kappa shape index (κ3) is 5.46. The van der Waals surface area contributed by atoms with Gasteiger partial charge in [-0.15, -0.1) is 0 Å². The van der Waals surface area contributed by atoms with Crippen LogP contribution in [0.25, 0.3) is 0 Å². The van der Waals surface area contributed by atoms with Gasteiger partial charge in [0.05, 0.1) is 24.7 Å². The number of hydrogen-bond acceptors (Lipinski definition) is 5. The molecule has 0 heterocycles. The lowest BCUT2D eigenvalue weighted by atomic mass is 9.88. The Morgan fingerprint density at radius 1 is 1.39 bits per heavy atom. The first-order chi connectivity index (χ1) is 8.17. The van der Waals surface area contributed by atoms with Crippen molar-refractivity contribution in [2.24, 2.45) is 5.41 Å². The average molecular weight is 281 g/mol. The van der Waals surface area contributed by atoms with Gasteiger partial charge in [0.2, 0.25) is 10.0 Å². The summed E-state index contributed by atoms with van der Waals surface area (Å²) in [6, 6.07) is 0. The predicted octanol–water partition coefficient (Wildman–Crippen LogP) is -0.0302. The van der Waals surface area contributed by atoms with Crippen molar-refractivity contribution in [2.45, 2.75) is 26.7 Å². The van der Waals surface area contributed by atoms with Gasteiger partial charge in [-0.1, -0.05) is 6.92 Å². The molecule has 0 fully saturated rings. The van der Waals surface area contributed by atoms with Gasteiger partial charge < -0.3 is 9.84 Å². The maximum Gasteiger partial charge on any atom is 0.310 e. The van der Waals surface area contributed by atoms with E-state index in [-0.39, 0.29) is 13.0 Å². The van der Waals surface area contributed by atoms with Crippen LogP contribution in [0.4, 0.5) is 0 Å². The number of nitrogens with one attached hydrogen (secondary N) is 1. The molecule has 0 aromatic carbocycles. The second-order valence-electron chi connectivity index (χ2n) is 4.19. The quantitative estimate of drug-likeness (QED) is 0.605. The highest BCUT2D eigenvalue weighted by atomic mass is 32.2. The fourth-order valence-corrected chi connectivity index (χ4v) is 2.13. The first-order valence-electron chi connectivity index (χ1n) is 5.44. The Labute approximate surface area is 107 Å². The van der Waals surface area contributed by atoms with Crippen molar-refractivity contribution < 1.29 is 27.9 Å². The minimum Gasteiger partial charge on any atom is -0.481 e. The van der Waals surface area contributed by atoms with Crippen LogP contribution in [0.5, 0.6) is 0 Å². The summed E-state index contributed by atoms with van der Waals surface area (Å²) in [5.74, 6) is -2.11. The van der Waals surface area contributed by atoms with Gasteiger partial charge in [-0.2, -0.15) is 0 Å². The average Bonchev–Trinajstić information content (AvgIpc) is 2.33. The van der Waals surface area contributed by atoms with Crippen LogP contribution in [0.15, 0.2) is 0 Å². The highest BCUT2D eigenvalue weighted by Gasteiger charge is 2.32. The number of hydrogen-bond donors (Lipinski definition) is 2. The van der Waals surface area contributed by atoms with E-state index in [9.17, 15) is 18.0 Å². The molecule has 0 spiro atoms. The summed E-state index contributed by atoms with van der Waals surface area (Å²) in [7, 11) is -2.51. The number of carbonyl (C=O) groups is 2. The molecule has 0 aromatic rings. The highest BCUT2D eigenvalue weighted by molar-refractivity contribution is 7.89. The zero-order valence-corrected chi connectivity index (χ0v) is 11.5. The van der Waals surface area contributed by atoms with Crippen LogP contribution in [0.2, 0.25) is 0 Å². The summed E-state index contributed by atoms with van der Waals surface area (Å²) in [6.45, 7) is 2.91. The molecular weight excluding hydrogens is 262 g/mol. The van der Waals surface area contributed by atoms with Gasteiger partial charge in [-0.25, -0.2) is 13.1 Å². The van der Waals surface area contributed by atoms with Gasteiger partial charge >= 0.3 is 11.9 Å². The first-order valence-corrected chi connectivity index (χ1v) is 7.09. The van der Waals surface area contributed by atoms with E-state index in [2.05, 4.69) is 9.46 Å². The molecular formula is C10H19NO6S. The van der Waals surface area contributed by atoms with Crippen molar-refractivity contribution in [3.8, 4) is 0 Å². The molecule has 7 nitrogen and oxygen atoms in total. The summed E-state index contributed by atoms with van der Waals surface area (Å²) < 4.78 is 29.6. The van der Waals surface area contributed by atoms with Crippen molar-refractivity contribution in [2.75, 3.05) is 19.4 Å². The Balaban J connectivity index is 4.43. The second-order valence-corrected chi connectivity index (χ2v) is 6.11. The van der Waals surface area contributed by atoms with E-state index < -0.39 is 33.1 Å². The normalized spacial score (nSPS) is 14.8. The number of esters is 1. The number of sulfonamides is 1. The minimum atomic E-state index is -3.68. The fraction of sp³-hybridized carbons (Fsp3) is 0.800. The summed E-state index contributed by atoms with van der Waals surface area (Å²) in [6.07, 6.45) is 0.0313. The topological polar surface area (TPSA) is 110 Å². The third-order valence-corrected chi connectivity index (χ3v) is 4.11. The third-order valence-electron chi connectivity index (χ3n) is 2.78. The molecule has 0 aromatic heterocycles. The molecule has 18 heavy (non-hydrogen) atoms. The number of methoxy groups -OCH3 is 1. The molecule has 0 saturated carbocycles. The largest absolute Gasteiger partial charge is 0.481 e. The maximum atomic E-state index is 11.5. The molecule has 0 radical (unpaired) electrons. The molecule has 0 aliphatic rings. The van der Waals surface area contributed by atoms with Crippen LogP contribution in [0, 0.1) is 5.41 Å². The lowest BCUT2D eigenvalue weighted by molar-refractivity contribution is -0.147. The van der Waals surface area contributed by atoms with Gasteiger partial charge in [0, 0.05) is 6.54 Å². The highest BCUT2D eigenvalue weighted by Crippen LogP contribution is 2.20. The number of carbonyl (C=O) groups excluding carboxylic acids is 1. The van der Waals surface area contributed by atoms with E-state index in [1.807, 2.05) is 0 Å². The van der Waals surface area contributed by atoms with E-state index in [1.165, 1.54) is 14.0 Å². The molecule has 1 unspecified atom stereocenters. The van der Waals surface area contributed by atoms with E-state index in [0.717, 1.165) is 0 Å². The summed E-state index contributed by atoms with van der Waals surface area (Å²) in [5, 5.41) is 8.98. The first kappa shape index (κ1) is 16.9. The molecule has 8 heteroatoms. The summed E-state index contributed by atoms with van der Waals surface area (Å²) >= 11 is 0. The molecule has 0 aliphatic carbocycles.